The van der Waals surface area contributed by atoms with Crippen molar-refractivity contribution in [2.45, 2.75) is 58.4 Å². The minimum Gasteiger partial charge on any atom is -0.480 e. The van der Waals surface area contributed by atoms with Crippen molar-refractivity contribution in [1.82, 2.24) is 10.2 Å². The van der Waals surface area contributed by atoms with Crippen LogP contribution in [0.15, 0.2) is 48.5 Å². The molecule has 1 aliphatic carbocycles. The standard InChI is InChI=1S/C28H36N2O5/c1-4-5-10-20(15-26(31)30(16-19(2)3)17-27(32)33)29-28(34)35-18-25-23-13-8-6-11-21(23)22-12-7-9-14-24(22)25/h6-9,11-14,19-20,25H,4-5,10,15-18H2,1-3H3,(H,29,34)(H,32,33). The number of alkyl carbamates (subject to hydrolysis) is 1. The number of fused-ring (bicyclic) bond motifs is 3. The Bertz CT molecular complexity index is 990. The highest BCUT2D eigenvalue weighted by Crippen LogP contribution is 2.44. The van der Waals surface area contributed by atoms with Gasteiger partial charge in [0.25, 0.3) is 0 Å². The largest absolute Gasteiger partial charge is 0.480 e. The van der Waals surface area contributed by atoms with Gasteiger partial charge in [-0.1, -0.05) is 82.1 Å². The third kappa shape index (κ3) is 7.07. The zero-order chi connectivity index (χ0) is 25.4. The van der Waals surface area contributed by atoms with Crippen molar-refractivity contribution in [2.75, 3.05) is 19.7 Å². The minimum atomic E-state index is -1.05. The van der Waals surface area contributed by atoms with E-state index in [9.17, 15) is 19.5 Å². The van der Waals surface area contributed by atoms with Crippen LogP contribution in [0.2, 0.25) is 0 Å². The molecule has 0 bridgehead atoms. The van der Waals surface area contributed by atoms with Crippen molar-refractivity contribution in [3.63, 3.8) is 0 Å². The number of benzene rings is 2. The van der Waals surface area contributed by atoms with Gasteiger partial charge in [0.05, 0.1) is 0 Å². The molecule has 2 aromatic carbocycles. The topological polar surface area (TPSA) is 95.9 Å². The van der Waals surface area contributed by atoms with Gasteiger partial charge in [-0.05, 0) is 34.6 Å². The molecule has 3 rings (SSSR count). The summed E-state index contributed by atoms with van der Waals surface area (Å²) in [5.41, 5.74) is 4.59. The predicted molar refractivity (Wildman–Crippen MR) is 135 cm³/mol. The van der Waals surface area contributed by atoms with Crippen molar-refractivity contribution < 1.29 is 24.2 Å². The molecule has 2 aromatic rings. The third-order valence-corrected chi connectivity index (χ3v) is 6.26. The Kier molecular flexibility index (Phi) is 9.29. The SMILES string of the molecule is CCCCC(CC(=O)N(CC(=O)O)CC(C)C)NC(=O)OCC1c2ccccc2-c2ccccc21. The van der Waals surface area contributed by atoms with E-state index in [2.05, 4.69) is 29.6 Å². The predicted octanol–water partition coefficient (Wildman–Crippen LogP) is 5.04. The number of carboxylic acids is 1. The number of rotatable bonds is 12. The van der Waals surface area contributed by atoms with Crippen LogP contribution >= 0.6 is 0 Å². The number of hydrogen-bond acceptors (Lipinski definition) is 4. The van der Waals surface area contributed by atoms with E-state index in [4.69, 9.17) is 4.74 Å². The van der Waals surface area contributed by atoms with Gasteiger partial charge in [-0.25, -0.2) is 4.79 Å². The molecule has 0 saturated heterocycles. The van der Waals surface area contributed by atoms with Crippen LogP contribution < -0.4 is 5.32 Å². The van der Waals surface area contributed by atoms with E-state index in [-0.39, 0.29) is 37.3 Å². The van der Waals surface area contributed by atoms with Crippen LogP contribution in [-0.2, 0) is 14.3 Å². The molecule has 2 N–H and O–H groups in total. The number of hydrogen-bond donors (Lipinski definition) is 2. The van der Waals surface area contributed by atoms with Gasteiger partial charge < -0.3 is 20.1 Å². The lowest BCUT2D eigenvalue weighted by Crippen LogP contribution is -2.43. The van der Waals surface area contributed by atoms with E-state index in [1.807, 2.05) is 45.0 Å². The summed E-state index contributed by atoms with van der Waals surface area (Å²) in [7, 11) is 0. The van der Waals surface area contributed by atoms with Gasteiger partial charge >= 0.3 is 12.1 Å². The first kappa shape index (κ1) is 26.3. The summed E-state index contributed by atoms with van der Waals surface area (Å²) in [4.78, 5) is 38.2. The summed E-state index contributed by atoms with van der Waals surface area (Å²) in [5.74, 6) is -1.22. The molecule has 188 valence electrons. The van der Waals surface area contributed by atoms with E-state index in [1.54, 1.807) is 0 Å². The van der Waals surface area contributed by atoms with E-state index >= 15 is 0 Å². The number of amides is 2. The summed E-state index contributed by atoms with van der Waals surface area (Å²) in [6, 6.07) is 15.9. The summed E-state index contributed by atoms with van der Waals surface area (Å²) in [5, 5.41) is 12.1. The van der Waals surface area contributed by atoms with Gasteiger partial charge in [0.2, 0.25) is 5.91 Å². The van der Waals surface area contributed by atoms with Gasteiger partial charge in [-0.3, -0.25) is 9.59 Å². The van der Waals surface area contributed by atoms with Crippen molar-refractivity contribution in [1.29, 1.82) is 0 Å². The molecule has 0 spiro atoms. The van der Waals surface area contributed by atoms with Crippen LogP contribution in [0.3, 0.4) is 0 Å². The van der Waals surface area contributed by atoms with Crippen LogP contribution in [0.25, 0.3) is 11.1 Å². The number of ether oxygens (including phenoxy) is 1. The Morgan fingerprint density at radius 1 is 1.03 bits per heavy atom. The van der Waals surface area contributed by atoms with Crippen molar-refractivity contribution >= 4 is 18.0 Å². The first-order valence-corrected chi connectivity index (χ1v) is 12.4. The first-order chi connectivity index (χ1) is 16.8. The molecular weight excluding hydrogens is 444 g/mol. The van der Waals surface area contributed by atoms with Gasteiger partial charge in [-0.15, -0.1) is 0 Å². The number of nitrogens with one attached hydrogen (secondary N) is 1. The number of unbranched alkanes of at least 4 members (excludes halogenated alkanes) is 1. The van der Waals surface area contributed by atoms with Crippen molar-refractivity contribution in [3.8, 4) is 11.1 Å². The van der Waals surface area contributed by atoms with E-state index < -0.39 is 18.1 Å². The molecule has 0 fully saturated rings. The molecule has 1 atom stereocenters. The molecule has 2 amide bonds. The number of carbonyl (C=O) groups excluding carboxylic acids is 2. The normalized spacial score (nSPS) is 13.1. The molecule has 1 unspecified atom stereocenters. The molecule has 0 aromatic heterocycles. The molecule has 0 heterocycles. The average molecular weight is 481 g/mol. The van der Waals surface area contributed by atoms with Crippen LogP contribution in [-0.4, -0.2) is 53.7 Å². The van der Waals surface area contributed by atoms with Gasteiger partial charge in [0.15, 0.2) is 0 Å². The molecular formula is C28H36N2O5. The molecule has 0 saturated carbocycles. The third-order valence-electron chi connectivity index (χ3n) is 6.26. The highest BCUT2D eigenvalue weighted by Gasteiger charge is 2.29. The smallest absolute Gasteiger partial charge is 0.407 e. The summed E-state index contributed by atoms with van der Waals surface area (Å²) < 4.78 is 5.65. The van der Waals surface area contributed by atoms with Gasteiger partial charge in [-0.2, -0.15) is 0 Å². The molecule has 0 aliphatic heterocycles. The highest BCUT2D eigenvalue weighted by molar-refractivity contribution is 5.82. The number of carboxylic acid groups (broad SMARTS) is 1. The average Bonchev–Trinajstić information content (AvgIpc) is 3.14. The second kappa shape index (κ2) is 12.4. The lowest BCUT2D eigenvalue weighted by atomic mass is 9.98. The fourth-order valence-electron chi connectivity index (χ4n) is 4.68. The fourth-order valence-corrected chi connectivity index (χ4v) is 4.68. The van der Waals surface area contributed by atoms with Crippen LogP contribution in [0.1, 0.15) is 63.5 Å². The zero-order valence-electron chi connectivity index (χ0n) is 20.8. The molecule has 7 nitrogen and oxygen atoms in total. The number of carbonyl (C=O) groups is 3. The monoisotopic (exact) mass is 480 g/mol. The molecule has 35 heavy (non-hydrogen) atoms. The molecule has 0 radical (unpaired) electrons. The Hall–Kier alpha value is -3.35. The molecule has 1 aliphatic rings. The Morgan fingerprint density at radius 3 is 2.17 bits per heavy atom. The number of aliphatic carboxylic acids is 1. The maximum atomic E-state index is 12.9. The minimum absolute atomic E-state index is 0.0408. The Labute approximate surface area is 207 Å². The van der Waals surface area contributed by atoms with Crippen LogP contribution in [0, 0.1) is 5.92 Å². The van der Waals surface area contributed by atoms with Crippen LogP contribution in [0.5, 0.6) is 0 Å². The second-order valence-corrected chi connectivity index (χ2v) is 9.58. The second-order valence-electron chi connectivity index (χ2n) is 9.58. The van der Waals surface area contributed by atoms with Crippen molar-refractivity contribution in [2.24, 2.45) is 5.92 Å². The fraction of sp³-hybridized carbons (Fsp3) is 0.464. The number of nitrogens with zero attached hydrogens (tertiary/aromatic N) is 1. The highest BCUT2D eigenvalue weighted by atomic mass is 16.5. The summed E-state index contributed by atoms with van der Waals surface area (Å²) in [6.07, 6.45) is 1.86. The zero-order valence-corrected chi connectivity index (χ0v) is 20.8. The Balaban J connectivity index is 1.63. The lowest BCUT2D eigenvalue weighted by Gasteiger charge is -2.26. The lowest BCUT2D eigenvalue weighted by molar-refractivity contribution is -0.145. The summed E-state index contributed by atoms with van der Waals surface area (Å²) >= 11 is 0. The maximum Gasteiger partial charge on any atom is 0.407 e. The van der Waals surface area contributed by atoms with E-state index in [1.165, 1.54) is 4.90 Å². The first-order valence-electron chi connectivity index (χ1n) is 12.4. The summed E-state index contributed by atoms with van der Waals surface area (Å²) in [6.45, 7) is 6.13. The van der Waals surface area contributed by atoms with Crippen molar-refractivity contribution in [3.05, 3.63) is 59.7 Å². The van der Waals surface area contributed by atoms with Crippen LogP contribution in [0.4, 0.5) is 4.79 Å². The maximum absolute atomic E-state index is 12.9. The van der Waals surface area contributed by atoms with Gasteiger partial charge in [0, 0.05) is 24.9 Å². The quantitative estimate of drug-likeness (QED) is 0.444. The Morgan fingerprint density at radius 2 is 1.63 bits per heavy atom. The molecule has 7 heteroatoms. The van der Waals surface area contributed by atoms with Gasteiger partial charge in [0.1, 0.15) is 13.2 Å². The van der Waals surface area contributed by atoms with E-state index in [0.29, 0.717) is 13.0 Å². The van der Waals surface area contributed by atoms with E-state index in [0.717, 1.165) is 35.1 Å².